The molecule has 0 saturated heterocycles. The van der Waals surface area contributed by atoms with Crippen molar-refractivity contribution in [3.63, 3.8) is 0 Å². The Morgan fingerprint density at radius 2 is 2.32 bits per heavy atom. The fourth-order valence-corrected chi connectivity index (χ4v) is 1.75. The van der Waals surface area contributed by atoms with Gasteiger partial charge in [0.25, 0.3) is 5.78 Å². The van der Waals surface area contributed by atoms with Gasteiger partial charge >= 0.3 is 5.97 Å². The molecule has 3 aromatic rings. The fraction of sp³-hybridized carbons (Fsp3) is 0.182. The largest absolute Gasteiger partial charge is 0.476 e. The molecule has 19 heavy (non-hydrogen) atoms. The first kappa shape index (κ1) is 11.3. The van der Waals surface area contributed by atoms with Crippen molar-refractivity contribution in [3.8, 4) is 5.82 Å². The summed E-state index contributed by atoms with van der Waals surface area (Å²) in [5.74, 6) is -0.00747. The summed E-state index contributed by atoms with van der Waals surface area (Å²) in [4.78, 5) is 19.2. The second kappa shape index (κ2) is 4.16. The van der Waals surface area contributed by atoms with Crippen molar-refractivity contribution >= 4 is 11.7 Å². The average molecular weight is 258 g/mol. The highest BCUT2D eigenvalue weighted by Gasteiger charge is 2.12. The topological polar surface area (TPSA) is 98.2 Å². The van der Waals surface area contributed by atoms with Crippen LogP contribution < -0.4 is 0 Å². The summed E-state index contributed by atoms with van der Waals surface area (Å²) in [6, 6.07) is 3.23. The summed E-state index contributed by atoms with van der Waals surface area (Å²) in [6.45, 7) is 1.98. The lowest BCUT2D eigenvalue weighted by atomic mass is 10.3. The van der Waals surface area contributed by atoms with E-state index in [1.54, 1.807) is 12.3 Å². The van der Waals surface area contributed by atoms with Crippen molar-refractivity contribution in [1.29, 1.82) is 0 Å². The first-order valence-electron chi connectivity index (χ1n) is 5.68. The second-order valence-electron chi connectivity index (χ2n) is 3.88. The number of hydrogen-bond acceptors (Lipinski definition) is 5. The van der Waals surface area contributed by atoms with Gasteiger partial charge in [-0.25, -0.2) is 14.5 Å². The van der Waals surface area contributed by atoms with Crippen LogP contribution in [0.1, 0.15) is 23.1 Å². The molecule has 3 rings (SSSR count). The number of aromatic nitrogens is 6. The maximum atomic E-state index is 10.9. The Morgan fingerprint density at radius 3 is 3.00 bits per heavy atom. The van der Waals surface area contributed by atoms with E-state index in [0.29, 0.717) is 11.6 Å². The third-order valence-electron chi connectivity index (χ3n) is 2.69. The maximum Gasteiger partial charge on any atom is 0.356 e. The molecule has 0 aliphatic rings. The predicted octanol–water partition coefficient (Wildman–Crippen LogP) is 0.571. The third-order valence-corrected chi connectivity index (χ3v) is 2.69. The summed E-state index contributed by atoms with van der Waals surface area (Å²) >= 11 is 0. The van der Waals surface area contributed by atoms with E-state index in [9.17, 15) is 4.79 Å². The van der Waals surface area contributed by atoms with Gasteiger partial charge < -0.3 is 5.11 Å². The number of aromatic carboxylic acids is 1. The Kier molecular flexibility index (Phi) is 2.48. The zero-order valence-corrected chi connectivity index (χ0v) is 10.1. The van der Waals surface area contributed by atoms with Gasteiger partial charge in [-0.2, -0.15) is 19.7 Å². The smallest absolute Gasteiger partial charge is 0.356 e. The molecule has 0 amide bonds. The summed E-state index contributed by atoms with van der Waals surface area (Å²) in [7, 11) is 0. The highest BCUT2D eigenvalue weighted by Crippen LogP contribution is 2.11. The minimum Gasteiger partial charge on any atom is -0.476 e. The van der Waals surface area contributed by atoms with E-state index in [1.807, 2.05) is 6.92 Å². The molecular formula is C11H10N6O2. The number of carboxylic acid groups (broad SMARTS) is 1. The normalized spacial score (nSPS) is 11.0. The number of nitrogens with zero attached hydrogens (tertiary/aromatic N) is 6. The Morgan fingerprint density at radius 1 is 1.47 bits per heavy atom. The van der Waals surface area contributed by atoms with Gasteiger partial charge in [-0.3, -0.25) is 0 Å². The molecule has 8 nitrogen and oxygen atoms in total. The standard InChI is InChI=1S/C11H10N6O2/c1-2-7-5-9(17-11(14-7)12-6-13-17)16-4-3-8(15-16)10(18)19/h3-6H,2H2,1H3,(H,18,19). The number of hydrogen-bond donors (Lipinski definition) is 1. The molecule has 0 aromatic carbocycles. The van der Waals surface area contributed by atoms with Crippen molar-refractivity contribution in [2.75, 3.05) is 0 Å². The van der Waals surface area contributed by atoms with E-state index in [2.05, 4.69) is 20.2 Å². The molecule has 3 aromatic heterocycles. The van der Waals surface area contributed by atoms with Crippen LogP contribution in [0.3, 0.4) is 0 Å². The van der Waals surface area contributed by atoms with Crippen LogP contribution >= 0.6 is 0 Å². The number of carboxylic acids is 1. The molecule has 0 fully saturated rings. The Labute approximate surface area is 107 Å². The van der Waals surface area contributed by atoms with Gasteiger partial charge in [-0.1, -0.05) is 6.92 Å². The lowest BCUT2D eigenvalue weighted by Gasteiger charge is -2.05. The van der Waals surface area contributed by atoms with Crippen LogP contribution in [0.5, 0.6) is 0 Å². The van der Waals surface area contributed by atoms with Crippen molar-refractivity contribution in [1.82, 2.24) is 29.4 Å². The summed E-state index contributed by atoms with van der Waals surface area (Å²) in [6.07, 6.45) is 3.70. The van der Waals surface area contributed by atoms with E-state index < -0.39 is 5.97 Å². The van der Waals surface area contributed by atoms with Crippen molar-refractivity contribution in [3.05, 3.63) is 36.0 Å². The Hall–Kier alpha value is -2.77. The van der Waals surface area contributed by atoms with Gasteiger partial charge in [0, 0.05) is 18.0 Å². The molecule has 0 bridgehead atoms. The quantitative estimate of drug-likeness (QED) is 0.737. The third kappa shape index (κ3) is 1.82. The van der Waals surface area contributed by atoms with Crippen LogP contribution in [0, 0.1) is 0 Å². The zero-order chi connectivity index (χ0) is 13.4. The Balaban J connectivity index is 2.21. The highest BCUT2D eigenvalue weighted by atomic mass is 16.4. The number of fused-ring (bicyclic) bond motifs is 1. The van der Waals surface area contributed by atoms with Crippen molar-refractivity contribution in [2.24, 2.45) is 0 Å². The highest BCUT2D eigenvalue weighted by molar-refractivity contribution is 5.85. The number of carbonyl (C=O) groups is 1. The second-order valence-corrected chi connectivity index (χ2v) is 3.88. The molecule has 0 aliphatic carbocycles. The molecule has 0 atom stereocenters. The molecule has 0 aliphatic heterocycles. The first-order chi connectivity index (χ1) is 9.19. The summed E-state index contributed by atoms with van der Waals surface area (Å²) < 4.78 is 2.96. The molecule has 0 saturated carbocycles. The van der Waals surface area contributed by atoms with Crippen LogP contribution in [0.25, 0.3) is 11.6 Å². The van der Waals surface area contributed by atoms with Gasteiger partial charge in [0.1, 0.15) is 6.33 Å². The summed E-state index contributed by atoms with van der Waals surface area (Å²) in [5.41, 5.74) is 0.811. The van der Waals surface area contributed by atoms with Gasteiger partial charge in [-0.15, -0.1) is 0 Å². The van der Waals surface area contributed by atoms with Gasteiger partial charge in [0.2, 0.25) is 0 Å². The van der Waals surface area contributed by atoms with Crippen LogP contribution in [0.4, 0.5) is 0 Å². The molecule has 8 heteroatoms. The molecular weight excluding hydrogens is 248 g/mol. The lowest BCUT2D eigenvalue weighted by molar-refractivity contribution is 0.0690. The van der Waals surface area contributed by atoms with Crippen molar-refractivity contribution < 1.29 is 9.90 Å². The minimum absolute atomic E-state index is 0.0249. The van der Waals surface area contributed by atoms with E-state index in [1.165, 1.54) is 21.6 Å². The number of rotatable bonds is 3. The van der Waals surface area contributed by atoms with Crippen molar-refractivity contribution in [2.45, 2.75) is 13.3 Å². The fourth-order valence-electron chi connectivity index (χ4n) is 1.75. The van der Waals surface area contributed by atoms with Gasteiger partial charge in [0.05, 0.1) is 0 Å². The van der Waals surface area contributed by atoms with Crippen LogP contribution in [0.15, 0.2) is 24.7 Å². The van der Waals surface area contributed by atoms with Crippen LogP contribution in [-0.4, -0.2) is 40.4 Å². The molecule has 96 valence electrons. The van der Waals surface area contributed by atoms with E-state index in [0.717, 1.165) is 12.1 Å². The number of aryl methyl sites for hydroxylation is 1. The van der Waals surface area contributed by atoms with E-state index in [-0.39, 0.29) is 5.69 Å². The minimum atomic E-state index is -1.07. The van der Waals surface area contributed by atoms with Gasteiger partial charge in [-0.05, 0) is 12.5 Å². The Bertz CT molecular complexity index is 759. The van der Waals surface area contributed by atoms with Crippen LogP contribution in [0.2, 0.25) is 0 Å². The first-order valence-corrected chi connectivity index (χ1v) is 5.68. The monoisotopic (exact) mass is 258 g/mol. The molecule has 1 N–H and O–H groups in total. The molecule has 0 unspecified atom stereocenters. The van der Waals surface area contributed by atoms with E-state index >= 15 is 0 Å². The predicted molar refractivity (Wildman–Crippen MR) is 64.2 cm³/mol. The SMILES string of the molecule is CCc1cc(-n2ccc(C(=O)O)n2)n2ncnc2n1. The lowest BCUT2D eigenvalue weighted by Crippen LogP contribution is -2.08. The zero-order valence-electron chi connectivity index (χ0n) is 10.1. The average Bonchev–Trinajstić information content (AvgIpc) is 3.06. The van der Waals surface area contributed by atoms with Gasteiger partial charge in [0.15, 0.2) is 11.5 Å². The molecule has 0 radical (unpaired) electrons. The summed E-state index contributed by atoms with van der Waals surface area (Å²) in [5, 5.41) is 16.9. The molecule has 0 spiro atoms. The van der Waals surface area contributed by atoms with Crippen LogP contribution in [-0.2, 0) is 6.42 Å². The maximum absolute atomic E-state index is 10.9. The van der Waals surface area contributed by atoms with E-state index in [4.69, 9.17) is 5.11 Å². The molecule has 3 heterocycles.